The number of rotatable bonds is 8. The molecule has 0 aliphatic rings. The molecule has 0 saturated carbocycles. The van der Waals surface area contributed by atoms with E-state index in [2.05, 4.69) is 65.8 Å². The molecule has 0 saturated heterocycles. The van der Waals surface area contributed by atoms with Gasteiger partial charge in [-0.2, -0.15) is 0 Å². The summed E-state index contributed by atoms with van der Waals surface area (Å²) >= 11 is 0. The van der Waals surface area contributed by atoms with Crippen molar-refractivity contribution in [1.29, 1.82) is 0 Å². The van der Waals surface area contributed by atoms with Crippen molar-refractivity contribution in [1.82, 2.24) is 14.5 Å². The van der Waals surface area contributed by atoms with E-state index in [-0.39, 0.29) is 6.04 Å². The van der Waals surface area contributed by atoms with E-state index in [0.29, 0.717) is 18.2 Å². The number of amides is 1. The standard InChI is InChI=1S/C26H28N4O2/c1-18(29(2)3)25(30-13-12-28-17-30)23-9-8-22-15-24(11-10-21(22)14-23)32-16-19-4-6-20(7-5-19)26(27)31/h4-15,17-18,25H,16H2,1-3H3,(H2,27,31). The number of hydrogen-bond donors (Lipinski definition) is 1. The molecule has 2 unspecified atom stereocenters. The number of nitrogens with two attached hydrogens (primary N) is 1. The highest BCUT2D eigenvalue weighted by molar-refractivity contribution is 5.92. The van der Waals surface area contributed by atoms with Crippen LogP contribution in [0.25, 0.3) is 10.8 Å². The minimum Gasteiger partial charge on any atom is -0.489 e. The zero-order chi connectivity index (χ0) is 22.7. The Kier molecular flexibility index (Phi) is 6.23. The van der Waals surface area contributed by atoms with Gasteiger partial charge in [0, 0.05) is 24.0 Å². The molecule has 2 N–H and O–H groups in total. The Bertz CT molecular complexity index is 1200. The summed E-state index contributed by atoms with van der Waals surface area (Å²) < 4.78 is 8.13. The van der Waals surface area contributed by atoms with Crippen LogP contribution in [0.3, 0.4) is 0 Å². The van der Waals surface area contributed by atoms with E-state index in [9.17, 15) is 4.79 Å². The number of carbonyl (C=O) groups is 1. The lowest BCUT2D eigenvalue weighted by Gasteiger charge is -2.31. The van der Waals surface area contributed by atoms with Crippen molar-refractivity contribution in [2.24, 2.45) is 5.73 Å². The Morgan fingerprint density at radius 3 is 2.44 bits per heavy atom. The third-order valence-electron chi connectivity index (χ3n) is 5.94. The fraction of sp³-hybridized carbons (Fsp3) is 0.231. The molecule has 2 atom stereocenters. The van der Waals surface area contributed by atoms with Crippen molar-refractivity contribution in [3.05, 3.63) is 96.1 Å². The quantitative estimate of drug-likeness (QED) is 0.455. The largest absolute Gasteiger partial charge is 0.489 e. The lowest BCUT2D eigenvalue weighted by Crippen LogP contribution is -2.34. The summed E-state index contributed by atoms with van der Waals surface area (Å²) in [5.41, 5.74) is 8.00. The fourth-order valence-corrected chi connectivity index (χ4v) is 3.86. The van der Waals surface area contributed by atoms with Crippen LogP contribution in [-0.4, -0.2) is 40.5 Å². The maximum Gasteiger partial charge on any atom is 0.248 e. The molecule has 0 aliphatic heterocycles. The molecule has 32 heavy (non-hydrogen) atoms. The van der Waals surface area contributed by atoms with Crippen molar-refractivity contribution in [2.45, 2.75) is 25.6 Å². The number of ether oxygens (including phenoxy) is 1. The second-order valence-electron chi connectivity index (χ2n) is 8.28. The zero-order valence-corrected chi connectivity index (χ0v) is 18.6. The number of primary amides is 1. The molecule has 4 aromatic rings. The van der Waals surface area contributed by atoms with E-state index in [1.807, 2.05) is 36.9 Å². The Labute approximate surface area is 188 Å². The lowest BCUT2D eigenvalue weighted by atomic mass is 9.96. The maximum atomic E-state index is 11.2. The van der Waals surface area contributed by atoms with Gasteiger partial charge in [-0.15, -0.1) is 0 Å². The highest BCUT2D eigenvalue weighted by Crippen LogP contribution is 2.29. The van der Waals surface area contributed by atoms with Crippen LogP contribution < -0.4 is 10.5 Å². The molecule has 1 amide bonds. The second-order valence-corrected chi connectivity index (χ2v) is 8.28. The molecule has 1 aromatic heterocycles. The summed E-state index contributed by atoms with van der Waals surface area (Å²) in [5, 5.41) is 2.29. The number of aromatic nitrogens is 2. The van der Waals surface area contributed by atoms with E-state index >= 15 is 0 Å². The molecule has 0 spiro atoms. The van der Waals surface area contributed by atoms with Crippen LogP contribution in [0.2, 0.25) is 0 Å². The number of fused-ring (bicyclic) bond motifs is 1. The average Bonchev–Trinajstić information content (AvgIpc) is 3.32. The molecular weight excluding hydrogens is 400 g/mol. The normalized spacial score (nSPS) is 13.2. The summed E-state index contributed by atoms with van der Waals surface area (Å²) in [4.78, 5) is 17.7. The first-order valence-corrected chi connectivity index (χ1v) is 10.6. The SMILES string of the molecule is CC(C(c1ccc2cc(OCc3ccc(C(N)=O)cc3)ccc2c1)n1ccnc1)N(C)C. The Balaban J connectivity index is 1.54. The Morgan fingerprint density at radius 1 is 1.06 bits per heavy atom. The highest BCUT2D eigenvalue weighted by Gasteiger charge is 2.22. The number of benzene rings is 3. The molecule has 4 rings (SSSR count). The van der Waals surface area contributed by atoms with Gasteiger partial charge in [0.25, 0.3) is 0 Å². The van der Waals surface area contributed by atoms with Gasteiger partial charge in [-0.25, -0.2) is 4.98 Å². The van der Waals surface area contributed by atoms with Crippen LogP contribution in [-0.2, 0) is 6.61 Å². The molecule has 0 fully saturated rings. The summed E-state index contributed by atoms with van der Waals surface area (Å²) in [7, 11) is 4.20. The summed E-state index contributed by atoms with van der Waals surface area (Å²) in [5.74, 6) is 0.374. The Hall–Kier alpha value is -3.64. The monoisotopic (exact) mass is 428 g/mol. The summed E-state index contributed by atoms with van der Waals surface area (Å²) in [6, 6.07) is 20.3. The van der Waals surface area contributed by atoms with E-state index in [4.69, 9.17) is 10.5 Å². The van der Waals surface area contributed by atoms with Crippen molar-refractivity contribution < 1.29 is 9.53 Å². The zero-order valence-electron chi connectivity index (χ0n) is 18.6. The smallest absolute Gasteiger partial charge is 0.248 e. The molecule has 6 nitrogen and oxygen atoms in total. The van der Waals surface area contributed by atoms with Gasteiger partial charge in [-0.3, -0.25) is 4.79 Å². The van der Waals surface area contributed by atoms with Crippen LogP contribution in [0, 0.1) is 0 Å². The number of nitrogens with zero attached hydrogens (tertiary/aromatic N) is 3. The highest BCUT2D eigenvalue weighted by atomic mass is 16.5. The first-order valence-electron chi connectivity index (χ1n) is 10.6. The van der Waals surface area contributed by atoms with Crippen LogP contribution >= 0.6 is 0 Å². The number of imidazole rings is 1. The third kappa shape index (κ3) is 4.65. The summed E-state index contributed by atoms with van der Waals surface area (Å²) in [6.45, 7) is 2.65. The fourth-order valence-electron chi connectivity index (χ4n) is 3.86. The van der Waals surface area contributed by atoms with Gasteiger partial charge in [-0.05, 0) is 73.3 Å². The molecular formula is C26H28N4O2. The van der Waals surface area contributed by atoms with Gasteiger partial charge < -0.3 is 19.9 Å². The number of hydrogen-bond acceptors (Lipinski definition) is 4. The minimum absolute atomic E-state index is 0.163. The first-order chi connectivity index (χ1) is 15.4. The van der Waals surface area contributed by atoms with Gasteiger partial charge in [0.1, 0.15) is 12.4 Å². The third-order valence-corrected chi connectivity index (χ3v) is 5.94. The van der Waals surface area contributed by atoms with Crippen molar-refractivity contribution in [3.8, 4) is 5.75 Å². The molecule has 0 bridgehead atoms. The molecule has 0 radical (unpaired) electrons. The second kappa shape index (κ2) is 9.24. The molecule has 0 aliphatic carbocycles. The van der Waals surface area contributed by atoms with Crippen LogP contribution in [0.1, 0.15) is 34.5 Å². The van der Waals surface area contributed by atoms with Gasteiger partial charge in [0.05, 0.1) is 12.4 Å². The van der Waals surface area contributed by atoms with Crippen LogP contribution in [0.15, 0.2) is 79.4 Å². The van der Waals surface area contributed by atoms with Gasteiger partial charge in [-0.1, -0.05) is 30.3 Å². The molecule has 3 aromatic carbocycles. The molecule has 6 heteroatoms. The lowest BCUT2D eigenvalue weighted by molar-refractivity contribution is 0.1000. The van der Waals surface area contributed by atoms with Crippen molar-refractivity contribution in [3.63, 3.8) is 0 Å². The first kappa shape index (κ1) is 21.6. The van der Waals surface area contributed by atoms with Crippen molar-refractivity contribution >= 4 is 16.7 Å². The summed E-state index contributed by atoms with van der Waals surface area (Å²) in [6.07, 6.45) is 5.71. The van der Waals surface area contributed by atoms with E-state index in [0.717, 1.165) is 22.1 Å². The number of likely N-dealkylation sites (N-methyl/N-ethyl adjacent to an activating group) is 1. The Morgan fingerprint density at radius 2 is 1.78 bits per heavy atom. The van der Waals surface area contributed by atoms with E-state index < -0.39 is 5.91 Å². The minimum atomic E-state index is -0.429. The van der Waals surface area contributed by atoms with Gasteiger partial charge >= 0.3 is 0 Å². The molecule has 164 valence electrons. The predicted octanol–water partition coefficient (Wildman–Crippen LogP) is 4.25. The average molecular weight is 429 g/mol. The predicted molar refractivity (Wildman–Crippen MR) is 127 cm³/mol. The van der Waals surface area contributed by atoms with Gasteiger partial charge in [0.2, 0.25) is 5.91 Å². The van der Waals surface area contributed by atoms with Crippen LogP contribution in [0.4, 0.5) is 0 Å². The molecule has 1 heterocycles. The van der Waals surface area contributed by atoms with E-state index in [1.54, 1.807) is 12.1 Å². The van der Waals surface area contributed by atoms with Crippen LogP contribution in [0.5, 0.6) is 5.75 Å². The topological polar surface area (TPSA) is 73.4 Å². The van der Waals surface area contributed by atoms with E-state index in [1.165, 1.54) is 5.56 Å². The van der Waals surface area contributed by atoms with Gasteiger partial charge in [0.15, 0.2) is 0 Å². The maximum absolute atomic E-state index is 11.2. The number of carbonyl (C=O) groups excluding carboxylic acids is 1. The van der Waals surface area contributed by atoms with Crippen molar-refractivity contribution in [2.75, 3.05) is 14.1 Å².